The van der Waals surface area contributed by atoms with E-state index in [9.17, 15) is 22.8 Å². The van der Waals surface area contributed by atoms with Gasteiger partial charge in [-0.2, -0.15) is 13.2 Å². The summed E-state index contributed by atoms with van der Waals surface area (Å²) in [7, 11) is 0. The molecule has 35 heavy (non-hydrogen) atoms. The van der Waals surface area contributed by atoms with Crippen LogP contribution in [0.4, 0.5) is 18.9 Å². The number of benzene rings is 2. The Bertz CT molecular complexity index is 1200. The molecule has 0 unspecified atom stereocenters. The zero-order valence-corrected chi connectivity index (χ0v) is 18.8. The van der Waals surface area contributed by atoms with E-state index in [0.29, 0.717) is 18.7 Å². The average molecular weight is 488 g/mol. The van der Waals surface area contributed by atoms with Gasteiger partial charge in [0, 0.05) is 18.5 Å². The first-order valence-corrected chi connectivity index (χ1v) is 11.0. The molecule has 0 aliphatic carbocycles. The van der Waals surface area contributed by atoms with Crippen LogP contribution in [0, 0.1) is 6.92 Å². The molecule has 1 amide bonds. The van der Waals surface area contributed by atoms with E-state index in [4.69, 9.17) is 9.84 Å². The number of oxazole rings is 1. The van der Waals surface area contributed by atoms with Gasteiger partial charge in [-0.05, 0) is 41.7 Å². The Labute approximate surface area is 198 Å². The van der Waals surface area contributed by atoms with Gasteiger partial charge >= 0.3 is 12.1 Å². The maximum Gasteiger partial charge on any atom is 0.452 e. The summed E-state index contributed by atoms with van der Waals surface area (Å²) in [6.07, 6.45) is -3.50. The number of hydrogen-bond donors (Lipinski definition) is 2. The molecule has 2 heterocycles. The number of carboxylic acids is 1. The van der Waals surface area contributed by atoms with Gasteiger partial charge in [0.15, 0.2) is 11.6 Å². The smallest absolute Gasteiger partial charge is 0.452 e. The third-order valence-electron chi connectivity index (χ3n) is 5.84. The van der Waals surface area contributed by atoms with Crippen LogP contribution in [0.2, 0.25) is 0 Å². The summed E-state index contributed by atoms with van der Waals surface area (Å²) in [6.45, 7) is 1.72. The molecule has 10 heteroatoms. The zero-order chi connectivity index (χ0) is 25.2. The average Bonchev–Trinajstić information content (AvgIpc) is 3.22. The maximum absolute atomic E-state index is 13.1. The van der Waals surface area contributed by atoms with Crippen LogP contribution < -0.4 is 5.32 Å². The second-order valence-electron chi connectivity index (χ2n) is 8.39. The first kappa shape index (κ1) is 24.5. The van der Waals surface area contributed by atoms with Crippen molar-refractivity contribution >= 4 is 17.6 Å². The first-order valence-electron chi connectivity index (χ1n) is 11.0. The number of nitrogens with zero attached hydrogens (tertiary/aromatic N) is 1. The highest BCUT2D eigenvalue weighted by molar-refractivity contribution is 6.03. The predicted octanol–water partition coefficient (Wildman–Crippen LogP) is 5.66. The molecule has 0 bridgehead atoms. The lowest BCUT2D eigenvalue weighted by molar-refractivity contribution is -0.153. The van der Waals surface area contributed by atoms with E-state index in [1.165, 1.54) is 6.92 Å². The summed E-state index contributed by atoms with van der Waals surface area (Å²) in [4.78, 5) is 26.7. The minimum absolute atomic E-state index is 0.0177. The van der Waals surface area contributed by atoms with Gasteiger partial charge in [-0.1, -0.05) is 36.4 Å². The molecule has 7 nitrogen and oxygen atoms in total. The van der Waals surface area contributed by atoms with Gasteiger partial charge in [0.25, 0.3) is 5.91 Å². The van der Waals surface area contributed by atoms with E-state index >= 15 is 0 Å². The molecule has 0 radical (unpaired) electrons. The van der Waals surface area contributed by atoms with Crippen LogP contribution in [0.25, 0.3) is 11.1 Å². The van der Waals surface area contributed by atoms with Crippen molar-refractivity contribution in [3.05, 3.63) is 71.4 Å². The minimum atomic E-state index is -4.83. The van der Waals surface area contributed by atoms with E-state index in [0.717, 1.165) is 23.1 Å². The molecule has 2 atom stereocenters. The van der Waals surface area contributed by atoms with Crippen molar-refractivity contribution in [2.75, 3.05) is 11.9 Å². The second-order valence-corrected chi connectivity index (χ2v) is 8.39. The molecule has 1 aliphatic heterocycles. The molecule has 0 saturated carbocycles. The lowest BCUT2D eigenvalue weighted by atomic mass is 9.89. The third kappa shape index (κ3) is 5.89. The predicted molar refractivity (Wildman–Crippen MR) is 120 cm³/mol. The van der Waals surface area contributed by atoms with Crippen LogP contribution >= 0.6 is 0 Å². The van der Waals surface area contributed by atoms with Crippen molar-refractivity contribution in [2.24, 2.45) is 0 Å². The van der Waals surface area contributed by atoms with E-state index < -0.39 is 29.5 Å². The Kier molecular flexibility index (Phi) is 6.93. The van der Waals surface area contributed by atoms with Crippen molar-refractivity contribution in [2.45, 2.75) is 44.4 Å². The lowest BCUT2D eigenvalue weighted by Gasteiger charge is -2.28. The molecule has 1 saturated heterocycles. The number of anilines is 1. The summed E-state index contributed by atoms with van der Waals surface area (Å²) in [5, 5.41) is 11.3. The van der Waals surface area contributed by atoms with E-state index in [1.807, 2.05) is 24.3 Å². The van der Waals surface area contributed by atoms with Crippen LogP contribution in [0.5, 0.6) is 0 Å². The highest BCUT2D eigenvalue weighted by Crippen LogP contribution is 2.33. The molecular formula is C25H23F3N2O5. The van der Waals surface area contributed by atoms with E-state index in [1.54, 1.807) is 24.3 Å². The number of ether oxygens (including phenoxy) is 1. The molecule has 2 N–H and O–H groups in total. The van der Waals surface area contributed by atoms with Crippen molar-refractivity contribution < 1.29 is 37.0 Å². The fourth-order valence-electron chi connectivity index (χ4n) is 4.08. The van der Waals surface area contributed by atoms with Crippen molar-refractivity contribution in [3.8, 4) is 11.1 Å². The SMILES string of the molecule is Cc1nc(C(=O)Nc2ccc(-c3ccc([C@H]4CC[C@@H](CC(=O)O)OC4)cc3)cc2)c(C(F)(F)F)o1. The van der Waals surface area contributed by atoms with Gasteiger partial charge in [0.2, 0.25) is 5.76 Å². The van der Waals surface area contributed by atoms with Gasteiger partial charge in [0.1, 0.15) is 0 Å². The first-order chi connectivity index (χ1) is 16.6. The molecule has 1 fully saturated rings. The van der Waals surface area contributed by atoms with Crippen LogP contribution in [0.3, 0.4) is 0 Å². The topological polar surface area (TPSA) is 102 Å². The van der Waals surface area contributed by atoms with Gasteiger partial charge in [0.05, 0.1) is 19.1 Å². The van der Waals surface area contributed by atoms with Gasteiger partial charge in [-0.25, -0.2) is 4.98 Å². The standard InChI is InChI=1S/C25H23F3N2O5/c1-14-29-22(23(35-14)25(26,27)28)24(33)30-19-9-6-16(7-10-19)15-2-4-17(5-3-15)18-8-11-20(34-13-18)12-21(31)32/h2-7,9-10,18,20H,8,11-13H2,1H3,(H,30,33)(H,31,32)/t18-,20-/m0/s1. The number of carboxylic acid groups (broad SMARTS) is 1. The number of aliphatic carboxylic acids is 1. The van der Waals surface area contributed by atoms with Crippen molar-refractivity contribution in [1.82, 2.24) is 4.98 Å². The molecule has 1 aromatic heterocycles. The van der Waals surface area contributed by atoms with Crippen LogP contribution in [-0.4, -0.2) is 34.7 Å². The quantitative estimate of drug-likeness (QED) is 0.464. The van der Waals surface area contributed by atoms with Crippen LogP contribution in [0.1, 0.15) is 52.9 Å². The van der Waals surface area contributed by atoms with Crippen molar-refractivity contribution in [1.29, 1.82) is 0 Å². The molecule has 3 aromatic rings. The highest BCUT2D eigenvalue weighted by atomic mass is 19.4. The Morgan fingerprint density at radius 1 is 1.06 bits per heavy atom. The Balaban J connectivity index is 1.39. The number of carbonyl (C=O) groups excluding carboxylic acids is 1. The number of carbonyl (C=O) groups is 2. The third-order valence-corrected chi connectivity index (χ3v) is 5.84. The highest BCUT2D eigenvalue weighted by Gasteiger charge is 2.41. The number of hydrogen-bond acceptors (Lipinski definition) is 5. The summed E-state index contributed by atoms with van der Waals surface area (Å²) in [5.41, 5.74) is 2.41. The number of nitrogens with one attached hydrogen (secondary N) is 1. The number of alkyl halides is 3. The summed E-state index contributed by atoms with van der Waals surface area (Å²) < 4.78 is 49.5. The fourth-order valence-corrected chi connectivity index (χ4v) is 4.08. The Morgan fingerprint density at radius 3 is 2.23 bits per heavy atom. The molecule has 1 aliphatic rings. The molecule has 2 aromatic carbocycles. The molecule has 184 valence electrons. The number of aryl methyl sites for hydroxylation is 1. The maximum atomic E-state index is 13.1. The zero-order valence-electron chi connectivity index (χ0n) is 18.8. The number of aromatic nitrogens is 1. The minimum Gasteiger partial charge on any atom is -0.481 e. The van der Waals surface area contributed by atoms with E-state index in [2.05, 4.69) is 14.7 Å². The van der Waals surface area contributed by atoms with Crippen LogP contribution in [-0.2, 0) is 15.7 Å². The fraction of sp³-hybridized carbons (Fsp3) is 0.320. The molecule has 4 rings (SSSR count). The van der Waals surface area contributed by atoms with Gasteiger partial charge in [-0.3, -0.25) is 9.59 Å². The van der Waals surface area contributed by atoms with Gasteiger partial charge in [-0.15, -0.1) is 0 Å². The lowest BCUT2D eigenvalue weighted by Crippen LogP contribution is -2.26. The summed E-state index contributed by atoms with van der Waals surface area (Å²) >= 11 is 0. The summed E-state index contributed by atoms with van der Waals surface area (Å²) in [6, 6.07) is 14.6. The second kappa shape index (κ2) is 9.91. The number of amides is 1. The van der Waals surface area contributed by atoms with Crippen LogP contribution in [0.15, 0.2) is 52.9 Å². The number of rotatable bonds is 6. The largest absolute Gasteiger partial charge is 0.481 e. The Hall–Kier alpha value is -3.66. The van der Waals surface area contributed by atoms with Gasteiger partial charge < -0.3 is 19.6 Å². The monoisotopic (exact) mass is 488 g/mol. The normalized spacial score (nSPS) is 18.3. The molecular weight excluding hydrogens is 465 g/mol. The Morgan fingerprint density at radius 2 is 1.69 bits per heavy atom. The number of halogens is 3. The van der Waals surface area contributed by atoms with Crippen molar-refractivity contribution in [3.63, 3.8) is 0 Å². The van der Waals surface area contributed by atoms with E-state index in [-0.39, 0.29) is 24.3 Å². The summed E-state index contributed by atoms with van der Waals surface area (Å²) in [5.74, 6) is -3.34. The molecule has 0 spiro atoms.